The molecule has 2 aromatic carbocycles. The van der Waals surface area contributed by atoms with Gasteiger partial charge in [0.2, 0.25) is 0 Å². The molecule has 5 heteroatoms. The van der Waals surface area contributed by atoms with Crippen molar-refractivity contribution in [3.8, 4) is 0 Å². The molecule has 0 unspecified atom stereocenters. The molecule has 1 aromatic heterocycles. The van der Waals surface area contributed by atoms with Crippen molar-refractivity contribution in [2.75, 3.05) is 10.6 Å². The number of benzene rings is 2. The number of pyridine rings is 1. The molecule has 0 saturated heterocycles. The Kier molecular flexibility index (Phi) is 4.52. The maximum Gasteiger partial charge on any atom is 0.259 e. The zero-order chi connectivity index (χ0) is 16.9. The van der Waals surface area contributed by atoms with Crippen LogP contribution in [0.15, 0.2) is 66.9 Å². The Hall–Kier alpha value is -3.21. The number of aromatic nitrogens is 1. The van der Waals surface area contributed by atoms with Gasteiger partial charge in [0.15, 0.2) is 0 Å². The van der Waals surface area contributed by atoms with Crippen molar-refractivity contribution < 1.29 is 9.18 Å². The third-order valence-electron chi connectivity index (χ3n) is 3.53. The number of aryl methyl sites for hydroxylation is 1. The summed E-state index contributed by atoms with van der Waals surface area (Å²) < 4.78 is 13.3. The molecular weight excluding hydrogens is 305 g/mol. The van der Waals surface area contributed by atoms with Crippen molar-refractivity contribution in [3.05, 3.63) is 83.8 Å². The number of anilines is 3. The van der Waals surface area contributed by atoms with Gasteiger partial charge in [0.25, 0.3) is 5.91 Å². The second-order valence-electron chi connectivity index (χ2n) is 5.30. The van der Waals surface area contributed by atoms with Crippen LogP contribution < -0.4 is 10.6 Å². The smallest absolute Gasteiger partial charge is 0.259 e. The number of nitrogens with zero attached hydrogens (tertiary/aromatic N) is 1. The monoisotopic (exact) mass is 321 g/mol. The van der Waals surface area contributed by atoms with E-state index in [9.17, 15) is 9.18 Å². The Morgan fingerprint density at radius 2 is 1.88 bits per heavy atom. The molecule has 4 nitrogen and oxygen atoms in total. The molecule has 0 aliphatic rings. The van der Waals surface area contributed by atoms with Gasteiger partial charge in [-0.05, 0) is 48.9 Å². The molecule has 0 aliphatic heterocycles. The van der Waals surface area contributed by atoms with Crippen LogP contribution in [-0.2, 0) is 0 Å². The van der Waals surface area contributed by atoms with E-state index < -0.39 is 5.82 Å². The topological polar surface area (TPSA) is 54.0 Å². The van der Waals surface area contributed by atoms with Gasteiger partial charge in [-0.1, -0.05) is 24.3 Å². The molecule has 24 heavy (non-hydrogen) atoms. The molecule has 1 amide bonds. The number of hydrogen-bond donors (Lipinski definition) is 2. The number of carbonyl (C=O) groups is 1. The lowest BCUT2D eigenvalue weighted by Gasteiger charge is -2.12. The van der Waals surface area contributed by atoms with E-state index in [0.29, 0.717) is 17.1 Å². The molecule has 0 aliphatic carbocycles. The Morgan fingerprint density at radius 1 is 1.04 bits per heavy atom. The number of para-hydroxylation sites is 1. The van der Waals surface area contributed by atoms with Gasteiger partial charge in [-0.2, -0.15) is 0 Å². The van der Waals surface area contributed by atoms with Gasteiger partial charge < -0.3 is 10.6 Å². The van der Waals surface area contributed by atoms with Crippen LogP contribution in [0.2, 0.25) is 0 Å². The van der Waals surface area contributed by atoms with Crippen molar-refractivity contribution in [1.29, 1.82) is 0 Å². The molecule has 3 aromatic rings. The van der Waals surface area contributed by atoms with E-state index >= 15 is 0 Å². The van der Waals surface area contributed by atoms with Gasteiger partial charge in [-0.25, -0.2) is 9.37 Å². The summed E-state index contributed by atoms with van der Waals surface area (Å²) in [5.74, 6) is -0.317. The highest BCUT2D eigenvalue weighted by Gasteiger charge is 2.13. The Morgan fingerprint density at radius 3 is 2.67 bits per heavy atom. The molecule has 1 heterocycles. The molecule has 0 atom stereocenters. The zero-order valence-corrected chi connectivity index (χ0v) is 13.1. The Balaban J connectivity index is 1.86. The van der Waals surface area contributed by atoms with E-state index in [-0.39, 0.29) is 5.91 Å². The summed E-state index contributed by atoms with van der Waals surface area (Å²) in [6.45, 7) is 1.97. The minimum absolute atomic E-state index is 0.357. The molecule has 2 N–H and O–H groups in total. The van der Waals surface area contributed by atoms with Gasteiger partial charge in [0, 0.05) is 17.6 Å². The van der Waals surface area contributed by atoms with Crippen molar-refractivity contribution in [2.45, 2.75) is 6.92 Å². The van der Waals surface area contributed by atoms with E-state index in [1.165, 1.54) is 12.1 Å². The van der Waals surface area contributed by atoms with Crippen LogP contribution in [0.4, 0.5) is 21.6 Å². The number of nitrogens with one attached hydrogen (secondary N) is 2. The van der Waals surface area contributed by atoms with Gasteiger partial charge in [-0.3, -0.25) is 4.79 Å². The highest BCUT2D eigenvalue weighted by atomic mass is 19.1. The molecule has 0 radical (unpaired) electrons. The summed E-state index contributed by atoms with van der Waals surface area (Å²) in [4.78, 5) is 16.8. The first-order chi connectivity index (χ1) is 11.6. The highest BCUT2D eigenvalue weighted by Crippen LogP contribution is 2.22. The van der Waals surface area contributed by atoms with Gasteiger partial charge >= 0.3 is 0 Å². The van der Waals surface area contributed by atoms with E-state index in [1.807, 2.05) is 31.2 Å². The van der Waals surface area contributed by atoms with Crippen LogP contribution >= 0.6 is 0 Å². The molecule has 0 saturated carbocycles. The van der Waals surface area contributed by atoms with Crippen LogP contribution in [0.3, 0.4) is 0 Å². The Bertz CT molecular complexity index is 880. The highest BCUT2D eigenvalue weighted by molar-refractivity contribution is 6.07. The fourth-order valence-electron chi connectivity index (χ4n) is 2.29. The van der Waals surface area contributed by atoms with Crippen LogP contribution in [0.5, 0.6) is 0 Å². The van der Waals surface area contributed by atoms with E-state index in [0.717, 1.165) is 11.3 Å². The van der Waals surface area contributed by atoms with Crippen molar-refractivity contribution in [3.63, 3.8) is 0 Å². The maximum absolute atomic E-state index is 13.3. The predicted octanol–water partition coefficient (Wildman–Crippen LogP) is 4.53. The van der Waals surface area contributed by atoms with Gasteiger partial charge in [0.1, 0.15) is 11.6 Å². The molecule has 3 rings (SSSR count). The summed E-state index contributed by atoms with van der Waals surface area (Å²) >= 11 is 0. The normalized spacial score (nSPS) is 10.2. The summed E-state index contributed by atoms with van der Waals surface area (Å²) in [7, 11) is 0. The first-order valence-electron chi connectivity index (χ1n) is 7.48. The fourth-order valence-corrected chi connectivity index (χ4v) is 2.29. The minimum atomic E-state index is -0.405. The predicted molar refractivity (Wildman–Crippen MR) is 93.1 cm³/mol. The number of hydrogen-bond acceptors (Lipinski definition) is 3. The summed E-state index contributed by atoms with van der Waals surface area (Å²) in [6.07, 6.45) is 1.61. The Labute approximate surface area is 139 Å². The first-order valence-corrected chi connectivity index (χ1v) is 7.48. The lowest BCUT2D eigenvalue weighted by atomic mass is 10.2. The van der Waals surface area contributed by atoms with Crippen LogP contribution in [0.1, 0.15) is 15.9 Å². The van der Waals surface area contributed by atoms with E-state index in [1.54, 1.807) is 30.5 Å². The standard InChI is InChI=1S/C19H16FN3O/c1-13-6-2-3-10-17(13)23-18-16(9-5-11-21-18)19(24)22-15-8-4-7-14(20)12-15/h2-12H,1H3,(H,21,23)(H,22,24). The second kappa shape index (κ2) is 6.91. The number of amides is 1. The second-order valence-corrected chi connectivity index (χ2v) is 5.30. The molecule has 0 fully saturated rings. The average molecular weight is 321 g/mol. The maximum atomic E-state index is 13.3. The van der Waals surface area contributed by atoms with Gasteiger partial charge in [0.05, 0.1) is 5.56 Å². The lowest BCUT2D eigenvalue weighted by Crippen LogP contribution is -2.14. The molecular formula is C19H16FN3O. The fraction of sp³-hybridized carbons (Fsp3) is 0.0526. The largest absolute Gasteiger partial charge is 0.339 e. The van der Waals surface area contributed by atoms with E-state index in [4.69, 9.17) is 0 Å². The lowest BCUT2D eigenvalue weighted by molar-refractivity contribution is 0.102. The van der Waals surface area contributed by atoms with Crippen molar-refractivity contribution in [2.24, 2.45) is 0 Å². The molecule has 0 bridgehead atoms. The van der Waals surface area contributed by atoms with Crippen LogP contribution in [0, 0.1) is 12.7 Å². The zero-order valence-electron chi connectivity index (χ0n) is 13.1. The molecule has 120 valence electrons. The third-order valence-corrected chi connectivity index (χ3v) is 3.53. The van der Waals surface area contributed by atoms with Crippen LogP contribution in [-0.4, -0.2) is 10.9 Å². The minimum Gasteiger partial charge on any atom is -0.339 e. The molecule has 0 spiro atoms. The van der Waals surface area contributed by atoms with E-state index in [2.05, 4.69) is 15.6 Å². The average Bonchev–Trinajstić information content (AvgIpc) is 2.57. The van der Waals surface area contributed by atoms with Crippen LogP contribution in [0.25, 0.3) is 0 Å². The quantitative estimate of drug-likeness (QED) is 0.742. The summed E-state index contributed by atoms with van der Waals surface area (Å²) in [5.41, 5.74) is 2.69. The van der Waals surface area contributed by atoms with Gasteiger partial charge in [-0.15, -0.1) is 0 Å². The summed E-state index contributed by atoms with van der Waals surface area (Å²) in [5, 5.41) is 5.85. The third kappa shape index (κ3) is 3.57. The SMILES string of the molecule is Cc1ccccc1Nc1ncccc1C(=O)Nc1cccc(F)c1. The van der Waals surface area contributed by atoms with Crippen molar-refractivity contribution in [1.82, 2.24) is 4.98 Å². The number of carbonyl (C=O) groups excluding carboxylic acids is 1. The number of rotatable bonds is 4. The van der Waals surface area contributed by atoms with Crippen molar-refractivity contribution >= 4 is 23.1 Å². The summed E-state index contributed by atoms with van der Waals surface area (Å²) in [6, 6.07) is 16.9. The first kappa shape index (κ1) is 15.7. The number of halogens is 1.